The van der Waals surface area contributed by atoms with Gasteiger partial charge in [0.25, 0.3) is 5.91 Å². The second-order valence-corrected chi connectivity index (χ2v) is 10.00. The fraction of sp³-hybridized carbons (Fsp3) is 0.714. The highest BCUT2D eigenvalue weighted by Crippen LogP contribution is 2.68. The van der Waals surface area contributed by atoms with Crippen LogP contribution in [0.1, 0.15) is 81.1 Å². The Morgan fingerprint density at radius 3 is 2.38 bits per heavy atom. The lowest BCUT2D eigenvalue weighted by atomic mass is 9.95. The molecule has 0 saturated heterocycles. The zero-order valence-corrected chi connectivity index (χ0v) is 17.6. The van der Waals surface area contributed by atoms with Gasteiger partial charge >= 0.3 is 0 Å². The van der Waals surface area contributed by atoms with E-state index in [9.17, 15) is 9.59 Å². The second kappa shape index (κ2) is 6.99. The van der Waals surface area contributed by atoms with Crippen LogP contribution in [0.25, 0.3) is 0 Å². The van der Waals surface area contributed by atoms with E-state index in [1.807, 2.05) is 0 Å². The maximum absolute atomic E-state index is 12.9. The number of rotatable bonds is 6. The summed E-state index contributed by atoms with van der Waals surface area (Å²) in [5.74, 6) is 0.0220. The number of amides is 2. The minimum atomic E-state index is -0.0255. The van der Waals surface area contributed by atoms with E-state index in [0.717, 1.165) is 42.7 Å². The summed E-state index contributed by atoms with van der Waals surface area (Å²) in [6, 6.07) is 0. The van der Waals surface area contributed by atoms with Crippen LogP contribution in [-0.2, 0) is 17.6 Å². The van der Waals surface area contributed by atoms with Gasteiger partial charge in [-0.05, 0) is 48.5 Å². The lowest BCUT2D eigenvalue weighted by Gasteiger charge is -2.13. The average Bonchev–Trinajstić information content (AvgIpc) is 2.84. The van der Waals surface area contributed by atoms with Gasteiger partial charge in [-0.3, -0.25) is 9.59 Å². The Morgan fingerprint density at radius 1 is 1.12 bits per heavy atom. The van der Waals surface area contributed by atoms with Crippen LogP contribution >= 0.6 is 11.3 Å². The minimum absolute atomic E-state index is 0.00247. The van der Waals surface area contributed by atoms with Crippen molar-refractivity contribution < 1.29 is 9.59 Å². The molecule has 1 aromatic heterocycles. The molecule has 4 nitrogen and oxygen atoms in total. The molecule has 1 fully saturated rings. The monoisotopic (exact) mass is 376 g/mol. The van der Waals surface area contributed by atoms with Crippen LogP contribution in [0, 0.1) is 16.7 Å². The van der Waals surface area contributed by atoms with Gasteiger partial charge in [-0.25, -0.2) is 0 Å². The normalized spacial score (nSPS) is 20.3. The Hall–Kier alpha value is -1.36. The predicted molar refractivity (Wildman–Crippen MR) is 108 cm³/mol. The number of carbonyl (C=O) groups excluding carboxylic acids is 2. The van der Waals surface area contributed by atoms with E-state index in [1.165, 1.54) is 16.9 Å². The first-order valence-electron chi connectivity index (χ1n) is 9.95. The molecule has 2 aliphatic carbocycles. The highest BCUT2D eigenvalue weighted by Gasteiger charge is 2.68. The first kappa shape index (κ1) is 19.4. The third-order valence-electron chi connectivity index (χ3n) is 6.73. The van der Waals surface area contributed by atoms with E-state index < -0.39 is 0 Å². The number of nitrogens with one attached hydrogen (secondary N) is 2. The summed E-state index contributed by atoms with van der Waals surface area (Å²) in [7, 11) is 0. The number of unbranched alkanes of at least 4 members (excludes halogenated alkanes) is 1. The maximum Gasteiger partial charge on any atom is 0.254 e. The number of carbonyl (C=O) groups is 2. The zero-order valence-electron chi connectivity index (χ0n) is 16.8. The first-order chi connectivity index (χ1) is 12.2. The molecule has 5 heteroatoms. The first-order valence-corrected chi connectivity index (χ1v) is 10.8. The van der Waals surface area contributed by atoms with Crippen molar-refractivity contribution >= 4 is 28.2 Å². The molecule has 0 unspecified atom stereocenters. The van der Waals surface area contributed by atoms with Crippen LogP contribution in [0.15, 0.2) is 0 Å². The van der Waals surface area contributed by atoms with Crippen LogP contribution in [0.2, 0.25) is 0 Å². The lowest BCUT2D eigenvalue weighted by Crippen LogP contribution is -2.27. The van der Waals surface area contributed by atoms with Crippen molar-refractivity contribution in [1.29, 1.82) is 0 Å². The third-order valence-corrected chi connectivity index (χ3v) is 7.94. The summed E-state index contributed by atoms with van der Waals surface area (Å²) in [5.41, 5.74) is 1.89. The van der Waals surface area contributed by atoms with Crippen LogP contribution in [0.4, 0.5) is 5.00 Å². The van der Waals surface area contributed by atoms with E-state index in [0.29, 0.717) is 6.54 Å². The second-order valence-electron chi connectivity index (χ2n) is 8.89. The number of hydrogen-bond donors (Lipinski definition) is 2. The molecule has 0 aromatic carbocycles. The number of thiophene rings is 1. The average molecular weight is 377 g/mol. The Labute approximate surface area is 161 Å². The largest absolute Gasteiger partial charge is 0.352 e. The molecular formula is C21H32N2O2S. The summed E-state index contributed by atoms with van der Waals surface area (Å²) in [5, 5.41) is 6.93. The van der Waals surface area contributed by atoms with Crippen molar-refractivity contribution in [3.63, 3.8) is 0 Å². The molecule has 2 amide bonds. The molecule has 144 valence electrons. The van der Waals surface area contributed by atoms with Crippen LogP contribution in [0.3, 0.4) is 0 Å². The van der Waals surface area contributed by atoms with Crippen molar-refractivity contribution in [2.75, 3.05) is 11.9 Å². The Morgan fingerprint density at radius 2 is 1.77 bits per heavy atom. The third kappa shape index (κ3) is 3.19. The molecule has 0 bridgehead atoms. The molecule has 26 heavy (non-hydrogen) atoms. The molecule has 1 heterocycles. The molecule has 1 saturated carbocycles. The fourth-order valence-corrected chi connectivity index (χ4v) is 5.69. The maximum atomic E-state index is 12.9. The van der Waals surface area contributed by atoms with Gasteiger partial charge in [-0.1, -0.05) is 41.0 Å². The van der Waals surface area contributed by atoms with Crippen LogP contribution in [0.5, 0.6) is 0 Å². The standard InChI is InChI=1S/C21H32N2O2S/c1-6-7-12-22-17(24)15-13-10-8-9-11-14(13)26-19(15)23-18(25)16-20(2,3)21(16,4)5/h16H,6-12H2,1-5H3,(H,22,24)(H,23,25). The van der Waals surface area contributed by atoms with Crippen LogP contribution in [-0.4, -0.2) is 18.4 Å². The van der Waals surface area contributed by atoms with E-state index in [1.54, 1.807) is 11.3 Å². The Kier molecular flexibility index (Phi) is 5.22. The highest BCUT2D eigenvalue weighted by atomic mass is 32.1. The number of fused-ring (bicyclic) bond motifs is 1. The summed E-state index contributed by atoms with van der Waals surface area (Å²) in [4.78, 5) is 27.0. The molecule has 0 radical (unpaired) electrons. The highest BCUT2D eigenvalue weighted by molar-refractivity contribution is 7.17. The van der Waals surface area contributed by atoms with Gasteiger partial charge < -0.3 is 10.6 Å². The summed E-state index contributed by atoms with van der Waals surface area (Å²) < 4.78 is 0. The minimum Gasteiger partial charge on any atom is -0.352 e. The molecule has 3 rings (SSSR count). The lowest BCUT2D eigenvalue weighted by molar-refractivity contribution is -0.118. The topological polar surface area (TPSA) is 58.2 Å². The van der Waals surface area contributed by atoms with Gasteiger partial charge in [0.05, 0.1) is 5.56 Å². The van der Waals surface area contributed by atoms with E-state index in [2.05, 4.69) is 45.3 Å². The Balaban J connectivity index is 1.83. The smallest absolute Gasteiger partial charge is 0.254 e. The Bertz CT molecular complexity index is 704. The predicted octanol–water partition coefficient (Wildman–Crippen LogP) is 4.78. The van der Waals surface area contributed by atoms with Crippen molar-refractivity contribution in [2.45, 2.75) is 73.1 Å². The van der Waals surface area contributed by atoms with Crippen molar-refractivity contribution in [3.05, 3.63) is 16.0 Å². The number of aryl methyl sites for hydroxylation is 1. The number of hydrogen-bond acceptors (Lipinski definition) is 3. The van der Waals surface area contributed by atoms with Gasteiger partial charge in [0, 0.05) is 17.3 Å². The molecule has 1 aromatic rings. The van der Waals surface area contributed by atoms with Gasteiger partial charge in [0.15, 0.2) is 0 Å². The van der Waals surface area contributed by atoms with Gasteiger partial charge in [-0.2, -0.15) is 0 Å². The SMILES string of the molecule is CCCCNC(=O)c1c(NC(=O)C2C(C)(C)C2(C)C)sc2c1CCCC2. The molecular weight excluding hydrogens is 344 g/mol. The number of anilines is 1. The quantitative estimate of drug-likeness (QED) is 0.702. The van der Waals surface area contributed by atoms with Gasteiger partial charge in [0.1, 0.15) is 5.00 Å². The van der Waals surface area contributed by atoms with Crippen molar-refractivity contribution in [3.8, 4) is 0 Å². The van der Waals surface area contributed by atoms with E-state index in [4.69, 9.17) is 0 Å². The summed E-state index contributed by atoms with van der Waals surface area (Å²) >= 11 is 1.61. The molecule has 0 aliphatic heterocycles. The zero-order chi connectivity index (χ0) is 19.1. The fourth-order valence-electron chi connectivity index (χ4n) is 4.40. The van der Waals surface area contributed by atoms with E-state index >= 15 is 0 Å². The molecule has 0 atom stereocenters. The van der Waals surface area contributed by atoms with E-state index in [-0.39, 0.29) is 28.6 Å². The molecule has 2 aliphatic rings. The molecule has 2 N–H and O–H groups in total. The van der Waals surface area contributed by atoms with Crippen LogP contribution < -0.4 is 10.6 Å². The van der Waals surface area contributed by atoms with Gasteiger partial charge in [-0.15, -0.1) is 11.3 Å². The van der Waals surface area contributed by atoms with Crippen molar-refractivity contribution in [1.82, 2.24) is 5.32 Å². The molecule has 0 spiro atoms. The van der Waals surface area contributed by atoms with Gasteiger partial charge in [0.2, 0.25) is 5.91 Å². The summed E-state index contributed by atoms with van der Waals surface area (Å²) in [6.45, 7) is 11.4. The summed E-state index contributed by atoms with van der Waals surface area (Å²) in [6.07, 6.45) is 6.28. The van der Waals surface area contributed by atoms with Crippen molar-refractivity contribution in [2.24, 2.45) is 16.7 Å².